The van der Waals surface area contributed by atoms with Crippen molar-refractivity contribution in [3.63, 3.8) is 0 Å². The first-order chi connectivity index (χ1) is 17.6. The molecule has 180 valence electrons. The summed E-state index contributed by atoms with van der Waals surface area (Å²) < 4.78 is 1.85. The number of aliphatic hydroxyl groups is 1. The van der Waals surface area contributed by atoms with E-state index in [9.17, 15) is 9.90 Å². The number of carbonyl (C=O) groups is 1. The van der Waals surface area contributed by atoms with Gasteiger partial charge in [-0.3, -0.25) is 14.3 Å². The van der Waals surface area contributed by atoms with Gasteiger partial charge in [0.25, 0.3) is 5.91 Å². The number of amides is 1. The van der Waals surface area contributed by atoms with Gasteiger partial charge in [0.05, 0.1) is 6.10 Å². The SMILES string of the molecule is C[C@H](O)CNc1nccc(-n2ccnc2-c2ccc(NC(=O)c3csc(-c4ccncc4)n3)cc2)n1. The predicted octanol–water partition coefficient (Wildman–Crippen LogP) is 3.89. The zero-order valence-electron chi connectivity index (χ0n) is 19.2. The molecule has 4 heterocycles. The summed E-state index contributed by atoms with van der Waals surface area (Å²) in [4.78, 5) is 34.3. The number of imidazole rings is 1. The van der Waals surface area contributed by atoms with Crippen molar-refractivity contribution in [3.05, 3.63) is 84.5 Å². The van der Waals surface area contributed by atoms with Crippen molar-refractivity contribution < 1.29 is 9.90 Å². The number of rotatable bonds is 8. The predicted molar refractivity (Wildman–Crippen MR) is 138 cm³/mol. The van der Waals surface area contributed by atoms with E-state index in [1.165, 1.54) is 11.3 Å². The molecule has 0 saturated carbocycles. The van der Waals surface area contributed by atoms with Crippen molar-refractivity contribution in [2.75, 3.05) is 17.2 Å². The second-order valence-electron chi connectivity index (χ2n) is 7.89. The van der Waals surface area contributed by atoms with E-state index in [0.717, 1.165) is 16.1 Å². The van der Waals surface area contributed by atoms with E-state index in [-0.39, 0.29) is 5.91 Å². The Balaban J connectivity index is 1.30. The molecule has 10 nitrogen and oxygen atoms in total. The summed E-state index contributed by atoms with van der Waals surface area (Å²) in [5, 5.41) is 17.9. The molecule has 0 fully saturated rings. The maximum Gasteiger partial charge on any atom is 0.275 e. The van der Waals surface area contributed by atoms with Gasteiger partial charge in [-0.25, -0.2) is 15.0 Å². The van der Waals surface area contributed by atoms with E-state index in [2.05, 4.69) is 35.6 Å². The Bertz CT molecular complexity index is 1460. The van der Waals surface area contributed by atoms with Crippen LogP contribution in [0.25, 0.3) is 27.8 Å². The van der Waals surface area contributed by atoms with Crippen molar-refractivity contribution in [2.24, 2.45) is 0 Å². The number of thiazole rings is 1. The van der Waals surface area contributed by atoms with Crippen LogP contribution in [-0.2, 0) is 0 Å². The monoisotopic (exact) mass is 498 g/mol. The molecule has 3 N–H and O–H groups in total. The summed E-state index contributed by atoms with van der Waals surface area (Å²) in [6.07, 6.45) is 8.03. The highest BCUT2D eigenvalue weighted by atomic mass is 32.1. The first-order valence-corrected chi connectivity index (χ1v) is 12.0. The van der Waals surface area contributed by atoms with Crippen LogP contribution in [0.1, 0.15) is 17.4 Å². The number of aromatic nitrogens is 6. The lowest BCUT2D eigenvalue weighted by atomic mass is 10.2. The van der Waals surface area contributed by atoms with Crippen molar-refractivity contribution in [2.45, 2.75) is 13.0 Å². The van der Waals surface area contributed by atoms with Gasteiger partial charge in [-0.2, -0.15) is 4.98 Å². The van der Waals surface area contributed by atoms with Gasteiger partial charge in [-0.05, 0) is 49.4 Å². The van der Waals surface area contributed by atoms with E-state index < -0.39 is 6.10 Å². The Hall–Kier alpha value is -4.48. The molecular weight excluding hydrogens is 476 g/mol. The maximum atomic E-state index is 12.7. The van der Waals surface area contributed by atoms with Crippen LogP contribution in [0, 0.1) is 0 Å². The Morgan fingerprint density at radius 2 is 1.81 bits per heavy atom. The number of pyridine rings is 1. The Labute approximate surface area is 210 Å². The molecule has 0 unspecified atom stereocenters. The first kappa shape index (κ1) is 23.3. The quantitative estimate of drug-likeness (QED) is 0.294. The van der Waals surface area contributed by atoms with E-state index in [1.807, 2.05) is 47.2 Å². The molecule has 36 heavy (non-hydrogen) atoms. The van der Waals surface area contributed by atoms with Crippen molar-refractivity contribution >= 4 is 28.9 Å². The molecule has 0 spiro atoms. The second-order valence-corrected chi connectivity index (χ2v) is 8.75. The van der Waals surface area contributed by atoms with Crippen molar-refractivity contribution in [3.8, 4) is 27.8 Å². The van der Waals surface area contributed by atoms with Crippen molar-refractivity contribution in [1.82, 2.24) is 29.5 Å². The van der Waals surface area contributed by atoms with Crippen LogP contribution >= 0.6 is 11.3 Å². The molecule has 4 aromatic heterocycles. The van der Waals surface area contributed by atoms with Crippen LogP contribution in [0.2, 0.25) is 0 Å². The lowest BCUT2D eigenvalue weighted by Gasteiger charge is -2.11. The smallest absolute Gasteiger partial charge is 0.275 e. The molecule has 11 heteroatoms. The van der Waals surface area contributed by atoms with Crippen LogP contribution < -0.4 is 10.6 Å². The van der Waals surface area contributed by atoms with Gasteiger partial charge in [0.15, 0.2) is 0 Å². The zero-order chi connectivity index (χ0) is 24.9. The summed E-state index contributed by atoms with van der Waals surface area (Å²) in [6.45, 7) is 2.03. The number of hydrogen-bond acceptors (Lipinski definition) is 9. The molecule has 1 amide bonds. The van der Waals surface area contributed by atoms with E-state index in [0.29, 0.717) is 35.5 Å². The summed E-state index contributed by atoms with van der Waals surface area (Å²) in [7, 11) is 0. The number of anilines is 2. The van der Waals surface area contributed by atoms with Gasteiger partial charge in [0.1, 0.15) is 22.3 Å². The third kappa shape index (κ3) is 5.27. The summed E-state index contributed by atoms with van der Waals surface area (Å²) in [5.41, 5.74) is 2.77. The molecule has 0 saturated heterocycles. The third-order valence-electron chi connectivity index (χ3n) is 5.15. The van der Waals surface area contributed by atoms with Gasteiger partial charge in [0.2, 0.25) is 5.95 Å². The van der Waals surface area contributed by atoms with Gasteiger partial charge >= 0.3 is 0 Å². The second kappa shape index (κ2) is 10.4. The van der Waals surface area contributed by atoms with Gasteiger partial charge in [-0.15, -0.1) is 11.3 Å². The van der Waals surface area contributed by atoms with Crippen LogP contribution in [0.5, 0.6) is 0 Å². The number of nitrogens with one attached hydrogen (secondary N) is 2. The van der Waals surface area contributed by atoms with Crippen LogP contribution in [0.4, 0.5) is 11.6 Å². The molecule has 5 aromatic rings. The summed E-state index contributed by atoms with van der Waals surface area (Å²) in [6, 6.07) is 12.9. The number of benzene rings is 1. The molecular formula is C25H22N8O2S. The maximum absolute atomic E-state index is 12.7. The number of hydrogen-bond donors (Lipinski definition) is 3. The summed E-state index contributed by atoms with van der Waals surface area (Å²) >= 11 is 1.41. The standard InChI is InChI=1S/C25H22N8O2S/c1-16(34)14-29-25-28-11-8-21(32-25)33-13-12-27-22(33)17-2-4-19(5-3-17)30-23(35)20-15-36-24(31-20)18-6-9-26-10-7-18/h2-13,15-16,34H,14H2,1H3,(H,30,35)(H,28,29,32)/t16-/m0/s1. The highest BCUT2D eigenvalue weighted by molar-refractivity contribution is 7.13. The fourth-order valence-electron chi connectivity index (χ4n) is 3.41. The van der Waals surface area contributed by atoms with Crippen molar-refractivity contribution in [1.29, 1.82) is 0 Å². The van der Waals surface area contributed by atoms with Gasteiger partial charge in [-0.1, -0.05) is 0 Å². The Morgan fingerprint density at radius 3 is 2.58 bits per heavy atom. The average Bonchev–Trinajstić information content (AvgIpc) is 3.59. The minimum absolute atomic E-state index is 0.279. The highest BCUT2D eigenvalue weighted by Gasteiger charge is 2.14. The largest absolute Gasteiger partial charge is 0.392 e. The third-order valence-corrected chi connectivity index (χ3v) is 6.04. The highest BCUT2D eigenvalue weighted by Crippen LogP contribution is 2.25. The molecule has 0 aliphatic heterocycles. The van der Waals surface area contributed by atoms with Gasteiger partial charge in [0, 0.05) is 59.7 Å². The molecule has 0 aliphatic rings. The lowest BCUT2D eigenvalue weighted by molar-refractivity contribution is 0.102. The van der Waals surface area contributed by atoms with Crippen LogP contribution in [-0.4, -0.2) is 53.1 Å². The van der Waals surface area contributed by atoms with Crippen LogP contribution in [0.15, 0.2) is 78.8 Å². The molecule has 0 aliphatic carbocycles. The van der Waals surface area contributed by atoms with Gasteiger partial charge < -0.3 is 15.7 Å². The Kier molecular flexibility index (Phi) is 6.74. The first-order valence-electron chi connectivity index (χ1n) is 11.1. The molecule has 0 radical (unpaired) electrons. The van der Waals surface area contributed by atoms with Crippen LogP contribution in [0.3, 0.4) is 0 Å². The zero-order valence-corrected chi connectivity index (χ0v) is 20.1. The normalized spacial score (nSPS) is 11.7. The fraction of sp³-hybridized carbons (Fsp3) is 0.120. The topological polar surface area (TPSA) is 131 Å². The lowest BCUT2D eigenvalue weighted by Crippen LogP contribution is -2.17. The number of aliphatic hydroxyl groups excluding tert-OH is 1. The summed E-state index contributed by atoms with van der Waals surface area (Å²) in [5.74, 6) is 1.46. The average molecular weight is 499 g/mol. The Morgan fingerprint density at radius 1 is 1.00 bits per heavy atom. The minimum Gasteiger partial charge on any atom is -0.392 e. The minimum atomic E-state index is -0.515. The number of nitrogens with zero attached hydrogens (tertiary/aromatic N) is 6. The molecule has 5 rings (SSSR count). The van der Waals surface area contributed by atoms with E-state index in [4.69, 9.17) is 0 Å². The fourth-order valence-corrected chi connectivity index (χ4v) is 4.22. The van der Waals surface area contributed by atoms with E-state index >= 15 is 0 Å². The molecule has 0 bridgehead atoms. The molecule has 1 aromatic carbocycles. The molecule has 1 atom stereocenters. The van der Waals surface area contributed by atoms with E-state index in [1.54, 1.807) is 43.2 Å². The number of carbonyl (C=O) groups excluding carboxylic acids is 1.